The molecule has 0 fully saturated rings. The zero-order valence-electron chi connectivity index (χ0n) is 5.92. The Hall–Kier alpha value is -0.790. The highest BCUT2D eigenvalue weighted by Gasteiger charge is 1.86. The van der Waals surface area contributed by atoms with Crippen molar-refractivity contribution in [2.45, 2.75) is 13.8 Å². The molecule has 0 aromatic rings. The van der Waals surface area contributed by atoms with E-state index in [1.165, 1.54) is 6.08 Å². The molecule has 0 bridgehead atoms. The van der Waals surface area contributed by atoms with Crippen LogP contribution < -0.4 is 0 Å². The molecule has 2 heteroatoms. The minimum absolute atomic E-state index is 0.939. The van der Waals surface area contributed by atoms with Gasteiger partial charge in [-0.15, -0.1) is 0 Å². The molecule has 0 heterocycles. The van der Waals surface area contributed by atoms with Crippen LogP contribution in [0.15, 0.2) is 12.3 Å². The molecule has 0 saturated carbocycles. The smallest absolute Gasteiger partial charge is 0.227 e. The lowest BCUT2D eigenvalue weighted by Crippen LogP contribution is -2.14. The van der Waals surface area contributed by atoms with Gasteiger partial charge in [-0.2, -0.15) is 0 Å². The predicted molar refractivity (Wildman–Crippen MR) is 37.8 cm³/mol. The largest absolute Gasteiger partial charge is 0.378 e. The van der Waals surface area contributed by atoms with Gasteiger partial charge in [0.15, 0.2) is 0 Å². The molecule has 0 aliphatic carbocycles. The average Bonchev–Trinajstić information content (AvgIpc) is 1.91. The number of hydrogen-bond donors (Lipinski definition) is 0. The summed E-state index contributed by atoms with van der Waals surface area (Å²) in [6.45, 7) is 5.96. The van der Waals surface area contributed by atoms with Crippen molar-refractivity contribution < 1.29 is 4.79 Å². The van der Waals surface area contributed by atoms with Gasteiger partial charge in [-0.05, 0) is 13.8 Å². The molecule has 0 rings (SSSR count). The van der Waals surface area contributed by atoms with Gasteiger partial charge in [0.1, 0.15) is 0 Å². The Kier molecular flexibility index (Phi) is 4.88. The molecule has 0 spiro atoms. The fraction of sp³-hybridized carbons (Fsp3) is 0.571. The molecule has 9 heavy (non-hydrogen) atoms. The number of nitrogens with zero attached hydrogens (tertiary/aromatic N) is 1. The maximum absolute atomic E-state index is 9.70. The van der Waals surface area contributed by atoms with E-state index in [2.05, 4.69) is 0 Å². The van der Waals surface area contributed by atoms with E-state index >= 15 is 0 Å². The van der Waals surface area contributed by atoms with Crippen LogP contribution >= 0.6 is 0 Å². The monoisotopic (exact) mass is 126 g/mol. The van der Waals surface area contributed by atoms with E-state index in [0.717, 1.165) is 13.1 Å². The number of rotatable bonds is 4. The van der Waals surface area contributed by atoms with Gasteiger partial charge in [0.2, 0.25) is 6.29 Å². The fourth-order valence-electron chi connectivity index (χ4n) is 0.570. The number of carbonyl (C=O) groups excluding carboxylic acids is 1. The van der Waals surface area contributed by atoms with Crippen LogP contribution in [-0.2, 0) is 4.79 Å². The van der Waals surface area contributed by atoms with E-state index in [4.69, 9.17) is 0 Å². The van der Waals surface area contributed by atoms with Gasteiger partial charge in [0, 0.05) is 25.4 Å². The molecular formula is C7H12NO. The lowest BCUT2D eigenvalue weighted by atomic mass is 10.5. The maximum atomic E-state index is 9.70. The highest BCUT2D eigenvalue weighted by atomic mass is 16.1. The van der Waals surface area contributed by atoms with Gasteiger partial charge in [-0.1, -0.05) is 0 Å². The molecule has 0 N–H and O–H groups in total. The topological polar surface area (TPSA) is 20.3 Å². The molecule has 0 saturated heterocycles. The standard InChI is InChI=1S/C7H12NO/c1-3-8(4-2)6-5-7-9/h5-6H,3-4H2,1-2H3. The van der Waals surface area contributed by atoms with Crippen molar-refractivity contribution in [3.05, 3.63) is 12.3 Å². The normalized spacial score (nSPS) is 10.0. The summed E-state index contributed by atoms with van der Waals surface area (Å²) >= 11 is 0. The summed E-state index contributed by atoms with van der Waals surface area (Å²) < 4.78 is 0. The lowest BCUT2D eigenvalue weighted by Gasteiger charge is -2.13. The van der Waals surface area contributed by atoms with Gasteiger partial charge in [0.25, 0.3) is 0 Å². The minimum atomic E-state index is 0.939. The molecule has 1 radical (unpaired) electrons. The van der Waals surface area contributed by atoms with Crippen molar-refractivity contribution in [2.24, 2.45) is 0 Å². The molecule has 0 aliphatic rings. The second-order valence-corrected chi connectivity index (χ2v) is 1.65. The van der Waals surface area contributed by atoms with E-state index in [-0.39, 0.29) is 0 Å². The van der Waals surface area contributed by atoms with Crippen LogP contribution in [0.4, 0.5) is 0 Å². The predicted octanol–water partition coefficient (Wildman–Crippen LogP) is 0.952. The van der Waals surface area contributed by atoms with E-state index in [1.54, 1.807) is 12.5 Å². The SMILES string of the molecule is CCN(C=C[C]=O)CC. The Balaban J connectivity index is 3.53. The molecule has 51 valence electrons. The molecule has 0 aromatic heterocycles. The summed E-state index contributed by atoms with van der Waals surface area (Å²) in [5.41, 5.74) is 0. The van der Waals surface area contributed by atoms with Crippen molar-refractivity contribution in [1.29, 1.82) is 0 Å². The first-order valence-corrected chi connectivity index (χ1v) is 3.13. The Bertz CT molecular complexity index is 95.1. The van der Waals surface area contributed by atoms with Gasteiger partial charge < -0.3 is 4.90 Å². The summed E-state index contributed by atoms with van der Waals surface area (Å²) in [6.07, 6.45) is 4.82. The molecule has 0 aromatic carbocycles. The number of allylic oxidation sites excluding steroid dienone is 1. The van der Waals surface area contributed by atoms with E-state index in [9.17, 15) is 4.79 Å². The summed E-state index contributed by atoms with van der Waals surface area (Å²) in [4.78, 5) is 11.7. The first-order chi connectivity index (χ1) is 4.35. The van der Waals surface area contributed by atoms with Crippen LogP contribution in [0.1, 0.15) is 13.8 Å². The minimum Gasteiger partial charge on any atom is -0.378 e. The Labute approximate surface area is 56.2 Å². The van der Waals surface area contributed by atoms with Gasteiger partial charge >= 0.3 is 0 Å². The third kappa shape index (κ3) is 3.76. The second kappa shape index (κ2) is 5.35. The van der Waals surface area contributed by atoms with Gasteiger partial charge in [-0.3, -0.25) is 4.79 Å². The van der Waals surface area contributed by atoms with Crippen molar-refractivity contribution in [3.8, 4) is 0 Å². The summed E-state index contributed by atoms with van der Waals surface area (Å²) in [5.74, 6) is 0. The number of hydrogen-bond acceptors (Lipinski definition) is 2. The van der Waals surface area contributed by atoms with Crippen LogP contribution in [0.3, 0.4) is 0 Å². The molecule has 0 amide bonds. The molecule has 2 nitrogen and oxygen atoms in total. The average molecular weight is 126 g/mol. The maximum Gasteiger partial charge on any atom is 0.227 e. The zero-order valence-corrected chi connectivity index (χ0v) is 5.92. The highest BCUT2D eigenvalue weighted by Crippen LogP contribution is 1.85. The zero-order chi connectivity index (χ0) is 7.11. The van der Waals surface area contributed by atoms with Crippen LogP contribution in [-0.4, -0.2) is 24.3 Å². The quantitative estimate of drug-likeness (QED) is 0.523. The Morgan fingerprint density at radius 2 is 2.00 bits per heavy atom. The van der Waals surface area contributed by atoms with E-state index in [0.29, 0.717) is 0 Å². The van der Waals surface area contributed by atoms with Crippen molar-refractivity contribution >= 4 is 6.29 Å². The molecular weight excluding hydrogens is 114 g/mol. The summed E-state index contributed by atoms with van der Waals surface area (Å²) in [6, 6.07) is 0. The van der Waals surface area contributed by atoms with E-state index in [1.807, 2.05) is 18.7 Å². The first kappa shape index (κ1) is 8.21. The second-order valence-electron chi connectivity index (χ2n) is 1.65. The van der Waals surface area contributed by atoms with Gasteiger partial charge in [0.05, 0.1) is 0 Å². The third-order valence-electron chi connectivity index (χ3n) is 1.17. The lowest BCUT2D eigenvalue weighted by molar-refractivity contribution is 0.419. The molecule has 0 aliphatic heterocycles. The van der Waals surface area contributed by atoms with Crippen LogP contribution in [0, 0.1) is 0 Å². The fourth-order valence-corrected chi connectivity index (χ4v) is 0.570. The van der Waals surface area contributed by atoms with Crippen molar-refractivity contribution in [1.82, 2.24) is 4.90 Å². The van der Waals surface area contributed by atoms with E-state index < -0.39 is 0 Å². The molecule has 0 unspecified atom stereocenters. The van der Waals surface area contributed by atoms with Crippen LogP contribution in [0.25, 0.3) is 0 Å². The van der Waals surface area contributed by atoms with Crippen LogP contribution in [0.2, 0.25) is 0 Å². The Morgan fingerprint density at radius 3 is 2.33 bits per heavy atom. The molecule has 0 atom stereocenters. The van der Waals surface area contributed by atoms with Crippen LogP contribution in [0.5, 0.6) is 0 Å². The van der Waals surface area contributed by atoms with Crippen molar-refractivity contribution in [3.63, 3.8) is 0 Å². The summed E-state index contributed by atoms with van der Waals surface area (Å²) in [5, 5.41) is 0. The highest BCUT2D eigenvalue weighted by molar-refractivity contribution is 5.65. The summed E-state index contributed by atoms with van der Waals surface area (Å²) in [7, 11) is 0. The van der Waals surface area contributed by atoms with Crippen molar-refractivity contribution in [2.75, 3.05) is 13.1 Å². The third-order valence-corrected chi connectivity index (χ3v) is 1.17. The first-order valence-electron chi connectivity index (χ1n) is 3.13. The van der Waals surface area contributed by atoms with Gasteiger partial charge in [-0.25, -0.2) is 0 Å². The Morgan fingerprint density at radius 1 is 1.44 bits per heavy atom.